The molecule has 2 atom stereocenters. The van der Waals surface area contributed by atoms with Crippen molar-refractivity contribution in [2.75, 3.05) is 11.6 Å². The molecule has 0 aliphatic heterocycles. The molecule has 1 fully saturated rings. The van der Waals surface area contributed by atoms with Crippen LogP contribution in [0.2, 0.25) is 0 Å². The number of hydrogen-bond acceptors (Lipinski definition) is 3. The molecule has 1 saturated carbocycles. The second-order valence-electron chi connectivity index (χ2n) is 5.55. The molecular formula is C15H23NO2S. The normalized spacial score (nSPS) is 24.1. The van der Waals surface area contributed by atoms with Gasteiger partial charge in [-0.15, -0.1) is 0 Å². The van der Waals surface area contributed by atoms with Crippen LogP contribution in [-0.4, -0.2) is 20.7 Å². The van der Waals surface area contributed by atoms with E-state index < -0.39 is 9.84 Å². The summed E-state index contributed by atoms with van der Waals surface area (Å²) >= 11 is 0. The van der Waals surface area contributed by atoms with E-state index in [9.17, 15) is 8.42 Å². The Morgan fingerprint density at radius 1 is 1.26 bits per heavy atom. The Bertz CT molecular complexity index is 525. The zero-order chi connectivity index (χ0) is 13.9. The van der Waals surface area contributed by atoms with Crippen molar-refractivity contribution in [1.82, 2.24) is 0 Å². The van der Waals surface area contributed by atoms with Gasteiger partial charge in [0.05, 0.1) is 10.6 Å². The number of para-hydroxylation sites is 1. The number of nitrogens with one attached hydrogen (secondary N) is 1. The quantitative estimate of drug-likeness (QED) is 0.919. The number of rotatable bonds is 4. The van der Waals surface area contributed by atoms with Gasteiger partial charge in [-0.05, 0) is 30.9 Å². The zero-order valence-electron chi connectivity index (χ0n) is 11.7. The summed E-state index contributed by atoms with van der Waals surface area (Å²) in [6.45, 7) is 2.23. The van der Waals surface area contributed by atoms with Gasteiger partial charge in [-0.25, -0.2) is 8.42 Å². The zero-order valence-corrected chi connectivity index (χ0v) is 12.5. The number of anilines is 1. The molecule has 0 bridgehead atoms. The molecule has 2 rings (SSSR count). The Hall–Kier alpha value is -1.03. The molecule has 1 aliphatic carbocycles. The fraction of sp³-hybridized carbons (Fsp3) is 0.600. The van der Waals surface area contributed by atoms with Crippen molar-refractivity contribution in [3.8, 4) is 0 Å². The van der Waals surface area contributed by atoms with Crippen LogP contribution in [0.5, 0.6) is 0 Å². The highest BCUT2D eigenvalue weighted by Gasteiger charge is 2.22. The van der Waals surface area contributed by atoms with E-state index in [2.05, 4.69) is 12.2 Å². The Labute approximate surface area is 116 Å². The van der Waals surface area contributed by atoms with Gasteiger partial charge in [-0.1, -0.05) is 38.3 Å². The smallest absolute Gasteiger partial charge is 0.177 e. The topological polar surface area (TPSA) is 46.2 Å². The molecule has 1 N–H and O–H groups in total. The van der Waals surface area contributed by atoms with Crippen LogP contribution in [0, 0.1) is 5.92 Å². The van der Waals surface area contributed by atoms with Gasteiger partial charge in [0.1, 0.15) is 0 Å². The lowest BCUT2D eigenvalue weighted by atomic mass is 9.84. The van der Waals surface area contributed by atoms with Gasteiger partial charge >= 0.3 is 0 Å². The Balaban J connectivity index is 2.15. The van der Waals surface area contributed by atoms with Gasteiger partial charge in [0.25, 0.3) is 0 Å². The molecule has 2 unspecified atom stereocenters. The van der Waals surface area contributed by atoms with Crippen LogP contribution in [0.25, 0.3) is 0 Å². The summed E-state index contributed by atoms with van der Waals surface area (Å²) < 4.78 is 23.6. The van der Waals surface area contributed by atoms with E-state index >= 15 is 0 Å². The van der Waals surface area contributed by atoms with Crippen molar-refractivity contribution >= 4 is 15.5 Å². The van der Waals surface area contributed by atoms with E-state index in [1.54, 1.807) is 12.1 Å². The second kappa shape index (κ2) is 5.95. The van der Waals surface area contributed by atoms with Crippen LogP contribution in [0.1, 0.15) is 39.0 Å². The lowest BCUT2D eigenvalue weighted by molar-refractivity contribution is 0.327. The molecule has 0 radical (unpaired) electrons. The molecule has 3 nitrogen and oxygen atoms in total. The van der Waals surface area contributed by atoms with Crippen LogP contribution >= 0.6 is 0 Å². The largest absolute Gasteiger partial charge is 0.381 e. The molecular weight excluding hydrogens is 258 g/mol. The molecule has 0 amide bonds. The minimum Gasteiger partial charge on any atom is -0.381 e. The summed E-state index contributed by atoms with van der Waals surface area (Å²) in [5.41, 5.74) is 0.756. The van der Waals surface area contributed by atoms with Gasteiger partial charge in [0.15, 0.2) is 9.84 Å². The standard InChI is InChI=1S/C15H23NO2S/c1-3-12-7-6-8-13(11-12)16-14-9-4-5-10-15(14)19(2,17)18/h4-5,9-10,12-13,16H,3,6-8,11H2,1-2H3. The van der Waals surface area contributed by atoms with Gasteiger partial charge in [0, 0.05) is 12.3 Å². The summed E-state index contributed by atoms with van der Waals surface area (Å²) in [5.74, 6) is 0.775. The SMILES string of the molecule is CCC1CCCC(Nc2ccccc2S(C)(=O)=O)C1. The fourth-order valence-electron chi connectivity index (χ4n) is 2.92. The van der Waals surface area contributed by atoms with Crippen molar-refractivity contribution in [3.63, 3.8) is 0 Å². The fourth-order valence-corrected chi connectivity index (χ4v) is 3.77. The number of benzene rings is 1. The highest BCUT2D eigenvalue weighted by atomic mass is 32.2. The molecule has 0 saturated heterocycles. The maximum Gasteiger partial charge on any atom is 0.177 e. The number of hydrogen-bond donors (Lipinski definition) is 1. The van der Waals surface area contributed by atoms with Crippen LogP contribution in [0.15, 0.2) is 29.2 Å². The average Bonchev–Trinajstić information content (AvgIpc) is 2.38. The van der Waals surface area contributed by atoms with Crippen molar-refractivity contribution in [2.24, 2.45) is 5.92 Å². The maximum absolute atomic E-state index is 11.8. The molecule has 0 aromatic heterocycles. The molecule has 0 spiro atoms. The van der Waals surface area contributed by atoms with Gasteiger partial charge in [-0.2, -0.15) is 0 Å². The van der Waals surface area contributed by atoms with E-state index in [4.69, 9.17) is 0 Å². The Morgan fingerprint density at radius 2 is 2.00 bits per heavy atom. The third-order valence-corrected chi connectivity index (χ3v) is 5.16. The van der Waals surface area contributed by atoms with Gasteiger partial charge < -0.3 is 5.32 Å². The van der Waals surface area contributed by atoms with Crippen LogP contribution < -0.4 is 5.32 Å². The molecule has 106 valence electrons. The third kappa shape index (κ3) is 3.72. The summed E-state index contributed by atoms with van der Waals surface area (Å²) in [7, 11) is -3.17. The first-order valence-electron chi connectivity index (χ1n) is 7.06. The van der Waals surface area contributed by atoms with E-state index in [1.165, 1.54) is 25.5 Å². The lowest BCUT2D eigenvalue weighted by Gasteiger charge is -2.30. The first kappa shape index (κ1) is 14.4. The first-order valence-corrected chi connectivity index (χ1v) is 8.95. The minimum absolute atomic E-state index is 0.404. The first-order chi connectivity index (χ1) is 9.00. The molecule has 4 heteroatoms. The lowest BCUT2D eigenvalue weighted by Crippen LogP contribution is -2.27. The highest BCUT2D eigenvalue weighted by molar-refractivity contribution is 7.90. The highest BCUT2D eigenvalue weighted by Crippen LogP contribution is 2.30. The number of sulfone groups is 1. The van der Waals surface area contributed by atoms with E-state index in [-0.39, 0.29) is 0 Å². The van der Waals surface area contributed by atoms with Crippen molar-refractivity contribution in [2.45, 2.75) is 50.0 Å². The Kier molecular flexibility index (Phi) is 4.50. The maximum atomic E-state index is 11.8. The minimum atomic E-state index is -3.17. The summed E-state index contributed by atoms with van der Waals surface area (Å²) in [4.78, 5) is 0.411. The van der Waals surface area contributed by atoms with Gasteiger partial charge in [-0.3, -0.25) is 0 Å². The third-order valence-electron chi connectivity index (χ3n) is 4.01. The molecule has 19 heavy (non-hydrogen) atoms. The van der Waals surface area contributed by atoms with E-state index in [0.29, 0.717) is 10.9 Å². The Morgan fingerprint density at radius 3 is 2.68 bits per heavy atom. The predicted molar refractivity (Wildman–Crippen MR) is 79.2 cm³/mol. The predicted octanol–water partition coefficient (Wildman–Crippen LogP) is 3.47. The molecule has 0 heterocycles. The van der Waals surface area contributed by atoms with Crippen molar-refractivity contribution < 1.29 is 8.42 Å². The van der Waals surface area contributed by atoms with Crippen molar-refractivity contribution in [3.05, 3.63) is 24.3 Å². The van der Waals surface area contributed by atoms with Crippen LogP contribution in [0.3, 0.4) is 0 Å². The molecule has 1 aromatic carbocycles. The summed E-state index contributed by atoms with van der Waals surface area (Å²) in [5, 5.41) is 3.44. The monoisotopic (exact) mass is 281 g/mol. The van der Waals surface area contributed by atoms with E-state index in [0.717, 1.165) is 24.4 Å². The summed E-state index contributed by atoms with van der Waals surface area (Å²) in [6, 6.07) is 7.61. The molecule has 1 aliphatic rings. The average molecular weight is 281 g/mol. The van der Waals surface area contributed by atoms with Crippen LogP contribution in [-0.2, 0) is 9.84 Å². The van der Waals surface area contributed by atoms with Gasteiger partial charge in [0.2, 0.25) is 0 Å². The van der Waals surface area contributed by atoms with Crippen LogP contribution in [0.4, 0.5) is 5.69 Å². The summed E-state index contributed by atoms with van der Waals surface area (Å²) in [6.07, 6.45) is 7.30. The van der Waals surface area contributed by atoms with E-state index in [1.807, 2.05) is 12.1 Å². The molecule has 1 aromatic rings. The second-order valence-corrected chi connectivity index (χ2v) is 7.53. The van der Waals surface area contributed by atoms with Crippen molar-refractivity contribution in [1.29, 1.82) is 0 Å².